The molecule has 1 saturated carbocycles. The standard InChI is InChI=1S/C25H28ClN5O5S2/c1-13-18(23-19-7-16(26)3-2-14(19)4-5-29-23)9-22(37-13)24(33)20-10-28-12-30-25(20)31-17-6-15(21(32)8-17)11-36-38(27,34)35/h2-3,7,9-10,12,15,17,21,24,32-33H,4-6,8,11H2,1H3,(H2,27,34,35)(H,28,30,31)/t15-,17-,21+,24?/m1/s1. The second-order valence-electron chi connectivity index (χ2n) is 9.55. The summed E-state index contributed by atoms with van der Waals surface area (Å²) < 4.78 is 26.9. The van der Waals surface area contributed by atoms with E-state index in [9.17, 15) is 18.6 Å². The second kappa shape index (κ2) is 11.0. The molecule has 1 aliphatic heterocycles. The Kier molecular flexibility index (Phi) is 7.83. The highest BCUT2D eigenvalue weighted by molar-refractivity contribution is 7.84. The molecule has 10 nitrogen and oxygen atoms in total. The number of aryl methyl sites for hydroxylation is 1. The van der Waals surface area contributed by atoms with Crippen molar-refractivity contribution >= 4 is 44.8 Å². The first kappa shape index (κ1) is 27.1. The fourth-order valence-corrected chi connectivity index (χ4v) is 6.63. The molecule has 1 aliphatic carbocycles. The molecule has 1 fully saturated rings. The van der Waals surface area contributed by atoms with Gasteiger partial charge in [-0.1, -0.05) is 17.7 Å². The number of benzene rings is 1. The zero-order chi connectivity index (χ0) is 27.0. The average molecular weight is 578 g/mol. The fourth-order valence-electron chi connectivity index (χ4n) is 5.06. The van der Waals surface area contributed by atoms with Gasteiger partial charge in [-0.05, 0) is 49.9 Å². The SMILES string of the molecule is Cc1sc(C(O)c2cncnc2N[C@@H]2C[C@H](COS(N)(=O)=O)[C@@H](O)C2)cc1C1=NCCc2ccc(Cl)cc21. The fraction of sp³-hybridized carbons (Fsp3) is 0.400. The molecule has 1 unspecified atom stereocenters. The molecule has 5 N–H and O–H groups in total. The largest absolute Gasteiger partial charge is 0.393 e. The molecule has 0 radical (unpaired) electrons. The van der Waals surface area contributed by atoms with Crippen molar-refractivity contribution in [2.75, 3.05) is 18.5 Å². The van der Waals surface area contributed by atoms with E-state index < -0.39 is 28.4 Å². The maximum atomic E-state index is 11.4. The van der Waals surface area contributed by atoms with E-state index in [4.69, 9.17) is 21.7 Å². The van der Waals surface area contributed by atoms with Gasteiger partial charge in [-0.15, -0.1) is 11.3 Å². The van der Waals surface area contributed by atoms with Crippen LogP contribution in [0, 0.1) is 12.8 Å². The Bertz CT molecular complexity index is 1480. The first-order chi connectivity index (χ1) is 18.1. The van der Waals surface area contributed by atoms with Gasteiger partial charge in [0.25, 0.3) is 0 Å². The van der Waals surface area contributed by atoms with Crippen LogP contribution in [0.25, 0.3) is 0 Å². The van der Waals surface area contributed by atoms with Crippen LogP contribution in [0.5, 0.6) is 0 Å². The van der Waals surface area contributed by atoms with Crippen LogP contribution in [0.15, 0.2) is 41.8 Å². The number of hydrogen-bond acceptors (Lipinski definition) is 10. The van der Waals surface area contributed by atoms with Crippen molar-refractivity contribution in [3.8, 4) is 0 Å². The number of hydrogen-bond donors (Lipinski definition) is 4. The quantitative estimate of drug-likeness (QED) is 0.318. The molecule has 3 aromatic rings. The zero-order valence-corrected chi connectivity index (χ0v) is 22.9. The zero-order valence-electron chi connectivity index (χ0n) is 20.5. The van der Waals surface area contributed by atoms with E-state index in [1.807, 2.05) is 31.2 Å². The summed E-state index contributed by atoms with van der Waals surface area (Å²) in [6.07, 6.45) is 2.85. The molecular formula is C25H28ClN5O5S2. The number of rotatable bonds is 8. The van der Waals surface area contributed by atoms with Crippen LogP contribution in [0.2, 0.25) is 5.02 Å². The smallest absolute Gasteiger partial charge is 0.333 e. The maximum Gasteiger partial charge on any atom is 0.333 e. The van der Waals surface area contributed by atoms with Gasteiger partial charge in [-0.2, -0.15) is 8.42 Å². The van der Waals surface area contributed by atoms with Crippen LogP contribution in [0.4, 0.5) is 5.82 Å². The van der Waals surface area contributed by atoms with Gasteiger partial charge < -0.3 is 15.5 Å². The molecule has 2 aromatic heterocycles. The Morgan fingerprint density at radius 1 is 1.29 bits per heavy atom. The second-order valence-corrected chi connectivity index (χ2v) is 12.5. The number of anilines is 1. The lowest BCUT2D eigenvalue weighted by molar-refractivity contribution is 0.101. The number of nitrogens with two attached hydrogens (primary N) is 1. The van der Waals surface area contributed by atoms with Crippen LogP contribution in [0.1, 0.15) is 51.0 Å². The molecule has 0 spiro atoms. The van der Waals surface area contributed by atoms with Crippen LogP contribution in [-0.4, -0.2) is 59.6 Å². The van der Waals surface area contributed by atoms with Gasteiger partial charge in [0, 0.05) is 56.2 Å². The van der Waals surface area contributed by atoms with Crippen molar-refractivity contribution in [3.63, 3.8) is 0 Å². The molecule has 202 valence electrons. The summed E-state index contributed by atoms with van der Waals surface area (Å²) in [5.74, 6) is 0.0358. The summed E-state index contributed by atoms with van der Waals surface area (Å²) in [7, 11) is -4.09. The Morgan fingerprint density at radius 2 is 2.11 bits per heavy atom. The Balaban J connectivity index is 1.36. The molecular weight excluding hydrogens is 550 g/mol. The summed E-state index contributed by atoms with van der Waals surface area (Å²) in [6, 6.07) is 7.61. The van der Waals surface area contributed by atoms with Crippen molar-refractivity contribution in [1.82, 2.24) is 9.97 Å². The van der Waals surface area contributed by atoms with Crippen molar-refractivity contribution in [3.05, 3.63) is 73.8 Å². The molecule has 5 rings (SSSR count). The minimum Gasteiger partial charge on any atom is -0.393 e. The summed E-state index contributed by atoms with van der Waals surface area (Å²) in [5, 5.41) is 30.6. The molecule has 13 heteroatoms. The van der Waals surface area contributed by atoms with Gasteiger partial charge in [-0.25, -0.2) is 15.1 Å². The molecule has 3 heterocycles. The third-order valence-electron chi connectivity index (χ3n) is 6.92. The van der Waals surface area contributed by atoms with Crippen LogP contribution >= 0.6 is 22.9 Å². The minimum atomic E-state index is -4.09. The highest BCUT2D eigenvalue weighted by Crippen LogP contribution is 2.37. The predicted molar refractivity (Wildman–Crippen MR) is 146 cm³/mol. The van der Waals surface area contributed by atoms with Gasteiger partial charge in [0.05, 0.1) is 18.4 Å². The number of nitrogens with zero attached hydrogens (tertiary/aromatic N) is 3. The molecule has 2 aliphatic rings. The highest BCUT2D eigenvalue weighted by atomic mass is 35.5. The van der Waals surface area contributed by atoms with Crippen LogP contribution in [-0.2, 0) is 20.9 Å². The highest BCUT2D eigenvalue weighted by Gasteiger charge is 2.35. The number of nitrogens with one attached hydrogen (secondary N) is 1. The molecule has 1 aromatic carbocycles. The monoisotopic (exact) mass is 577 g/mol. The van der Waals surface area contributed by atoms with Gasteiger partial charge in [0.15, 0.2) is 0 Å². The topological polar surface area (TPSA) is 160 Å². The Hall–Kier alpha value is -2.45. The molecule has 0 saturated heterocycles. The van der Waals surface area contributed by atoms with Crippen LogP contribution in [0.3, 0.4) is 0 Å². The van der Waals surface area contributed by atoms with E-state index >= 15 is 0 Å². The lowest BCUT2D eigenvalue weighted by Gasteiger charge is -2.18. The summed E-state index contributed by atoms with van der Waals surface area (Å²) >= 11 is 7.76. The number of fused-ring (bicyclic) bond motifs is 1. The predicted octanol–water partition coefficient (Wildman–Crippen LogP) is 2.75. The van der Waals surface area contributed by atoms with E-state index in [0.717, 1.165) is 33.0 Å². The van der Waals surface area contributed by atoms with Crippen molar-refractivity contribution in [2.24, 2.45) is 16.0 Å². The number of halogens is 1. The number of aliphatic hydroxyl groups is 2. The summed E-state index contributed by atoms with van der Waals surface area (Å²) in [5.41, 5.74) is 4.53. The Morgan fingerprint density at radius 3 is 2.89 bits per heavy atom. The molecule has 38 heavy (non-hydrogen) atoms. The van der Waals surface area contributed by atoms with Crippen molar-refractivity contribution in [1.29, 1.82) is 0 Å². The van der Waals surface area contributed by atoms with E-state index in [0.29, 0.717) is 35.8 Å². The summed E-state index contributed by atoms with van der Waals surface area (Å²) in [6.45, 7) is 2.49. The van der Waals surface area contributed by atoms with E-state index in [-0.39, 0.29) is 12.6 Å². The molecule has 0 bridgehead atoms. The normalized spacial score (nSPS) is 22.1. The van der Waals surface area contributed by atoms with Gasteiger partial charge in [-0.3, -0.25) is 9.18 Å². The number of aromatic nitrogens is 2. The minimum absolute atomic E-state index is 0.201. The first-order valence-electron chi connectivity index (χ1n) is 12.1. The Labute approximate surface area is 229 Å². The lowest BCUT2D eigenvalue weighted by atomic mass is 9.93. The third-order valence-corrected chi connectivity index (χ3v) is 8.72. The van der Waals surface area contributed by atoms with Gasteiger partial charge in [0.2, 0.25) is 0 Å². The van der Waals surface area contributed by atoms with E-state index in [1.54, 1.807) is 6.20 Å². The lowest BCUT2D eigenvalue weighted by Crippen LogP contribution is -2.24. The van der Waals surface area contributed by atoms with Crippen LogP contribution < -0.4 is 10.5 Å². The van der Waals surface area contributed by atoms with Gasteiger partial charge >= 0.3 is 10.3 Å². The number of thiophene rings is 1. The number of aliphatic imine (C=N–C) groups is 1. The first-order valence-corrected chi connectivity index (χ1v) is 14.8. The average Bonchev–Trinajstić information content (AvgIpc) is 3.43. The van der Waals surface area contributed by atoms with E-state index in [2.05, 4.69) is 19.5 Å². The number of aliphatic hydroxyl groups excluding tert-OH is 2. The molecule has 0 amide bonds. The van der Waals surface area contributed by atoms with Crippen molar-refractivity contribution in [2.45, 2.75) is 44.4 Å². The van der Waals surface area contributed by atoms with Gasteiger partial charge in [0.1, 0.15) is 18.2 Å². The maximum absolute atomic E-state index is 11.4. The van der Waals surface area contributed by atoms with Crippen molar-refractivity contribution < 1.29 is 22.8 Å². The third kappa shape index (κ3) is 5.91. The molecule has 4 atom stereocenters. The summed E-state index contributed by atoms with van der Waals surface area (Å²) in [4.78, 5) is 15.0. The van der Waals surface area contributed by atoms with E-state index in [1.165, 1.54) is 23.2 Å².